The van der Waals surface area contributed by atoms with Gasteiger partial charge in [0.25, 0.3) is 0 Å². The third-order valence-electron chi connectivity index (χ3n) is 2.09. The number of ether oxygens (including phenoxy) is 1. The predicted octanol–water partition coefficient (Wildman–Crippen LogP) is 1.40. The largest absolute Gasteiger partial charge is 0.497 e. The van der Waals surface area contributed by atoms with Gasteiger partial charge in [0.15, 0.2) is 0 Å². The summed E-state index contributed by atoms with van der Waals surface area (Å²) in [6.45, 7) is 1.42. The highest BCUT2D eigenvalue weighted by atomic mass is 16.5. The van der Waals surface area contributed by atoms with E-state index in [0.717, 1.165) is 0 Å². The minimum absolute atomic E-state index is 0.0563. The van der Waals surface area contributed by atoms with Gasteiger partial charge in [-0.25, -0.2) is 4.79 Å². The Morgan fingerprint density at radius 2 is 1.94 bits per heavy atom. The highest BCUT2D eigenvalue weighted by Crippen LogP contribution is 2.14. The van der Waals surface area contributed by atoms with Crippen molar-refractivity contribution in [3.63, 3.8) is 0 Å². The zero-order valence-corrected chi connectivity index (χ0v) is 9.91. The fourth-order valence-corrected chi connectivity index (χ4v) is 1.14. The van der Waals surface area contributed by atoms with E-state index in [0.29, 0.717) is 11.4 Å². The molecule has 0 aromatic heterocycles. The number of methoxy groups -OCH3 is 1. The van der Waals surface area contributed by atoms with Crippen LogP contribution in [-0.2, 0) is 4.79 Å². The molecule has 0 saturated heterocycles. The van der Waals surface area contributed by atoms with Crippen molar-refractivity contribution in [2.75, 3.05) is 12.5 Å². The Bertz CT molecular complexity index is 480. The summed E-state index contributed by atoms with van der Waals surface area (Å²) in [5.74, 6) is -0.653. The van der Waals surface area contributed by atoms with Gasteiger partial charge >= 0.3 is 5.97 Å². The molecule has 0 saturated carbocycles. The maximum absolute atomic E-state index is 10.7. The summed E-state index contributed by atoms with van der Waals surface area (Å²) in [5, 5.41) is 23.7. The third kappa shape index (κ3) is 3.48. The standard InChI is InChI=1S/C11H13N3O4/c1-7(10(14-17)11(15)16)12-13-8-3-5-9(18-2)6-4-8/h3-6,13,17H,1-2H3,(H,15,16). The van der Waals surface area contributed by atoms with Crippen LogP contribution in [0, 0.1) is 0 Å². The van der Waals surface area contributed by atoms with E-state index in [1.165, 1.54) is 6.92 Å². The van der Waals surface area contributed by atoms with Gasteiger partial charge in [0.2, 0.25) is 5.71 Å². The van der Waals surface area contributed by atoms with Gasteiger partial charge in [0.05, 0.1) is 18.5 Å². The third-order valence-corrected chi connectivity index (χ3v) is 2.09. The molecule has 1 rings (SSSR count). The fraction of sp³-hybridized carbons (Fsp3) is 0.182. The topological polar surface area (TPSA) is 104 Å². The highest BCUT2D eigenvalue weighted by Gasteiger charge is 2.13. The molecule has 0 heterocycles. The molecular formula is C11H13N3O4. The number of aliphatic carboxylic acids is 1. The molecule has 0 spiro atoms. The van der Waals surface area contributed by atoms with Gasteiger partial charge in [-0.1, -0.05) is 5.16 Å². The van der Waals surface area contributed by atoms with E-state index in [9.17, 15) is 4.79 Å². The van der Waals surface area contributed by atoms with Gasteiger partial charge in [-0.05, 0) is 31.2 Å². The van der Waals surface area contributed by atoms with Crippen molar-refractivity contribution >= 4 is 23.1 Å². The number of nitrogens with one attached hydrogen (secondary N) is 1. The summed E-state index contributed by atoms with van der Waals surface area (Å²) < 4.78 is 4.99. The number of benzene rings is 1. The number of rotatable bonds is 5. The molecule has 7 nitrogen and oxygen atoms in total. The molecule has 1 aromatic rings. The van der Waals surface area contributed by atoms with Crippen LogP contribution in [0.1, 0.15) is 6.92 Å². The summed E-state index contributed by atoms with van der Waals surface area (Å²) in [6.07, 6.45) is 0. The monoisotopic (exact) mass is 251 g/mol. The number of carboxylic acids is 1. The van der Waals surface area contributed by atoms with E-state index in [1.54, 1.807) is 31.4 Å². The SMILES string of the molecule is COc1ccc(NN=C(C)C(=NO)C(=O)O)cc1. The lowest BCUT2D eigenvalue weighted by Gasteiger charge is -2.04. The van der Waals surface area contributed by atoms with Gasteiger partial charge in [-0.2, -0.15) is 5.10 Å². The van der Waals surface area contributed by atoms with Gasteiger partial charge in [-0.3, -0.25) is 5.43 Å². The van der Waals surface area contributed by atoms with Crippen molar-refractivity contribution in [3.05, 3.63) is 24.3 Å². The van der Waals surface area contributed by atoms with Crippen LogP contribution in [0.15, 0.2) is 34.5 Å². The summed E-state index contributed by atoms with van der Waals surface area (Å²) in [7, 11) is 1.56. The summed E-state index contributed by atoms with van der Waals surface area (Å²) >= 11 is 0. The number of hydrogen-bond donors (Lipinski definition) is 3. The van der Waals surface area contributed by atoms with Crippen molar-refractivity contribution in [2.24, 2.45) is 10.3 Å². The first-order valence-corrected chi connectivity index (χ1v) is 4.98. The number of nitrogens with zero attached hydrogens (tertiary/aromatic N) is 2. The lowest BCUT2D eigenvalue weighted by Crippen LogP contribution is -2.22. The Labute approximate surface area is 103 Å². The molecule has 0 radical (unpaired) electrons. The molecular weight excluding hydrogens is 238 g/mol. The van der Waals surface area contributed by atoms with Crippen LogP contribution >= 0.6 is 0 Å². The molecule has 1 aromatic carbocycles. The lowest BCUT2D eigenvalue weighted by molar-refractivity contribution is -0.129. The Kier molecular flexibility index (Phi) is 4.67. The second kappa shape index (κ2) is 6.24. The summed E-state index contributed by atoms with van der Waals surface area (Å²) in [5.41, 5.74) is 2.83. The van der Waals surface area contributed by atoms with Crippen LogP contribution in [0.5, 0.6) is 5.75 Å². The first-order chi connectivity index (χ1) is 8.58. The molecule has 18 heavy (non-hydrogen) atoms. The number of anilines is 1. The zero-order chi connectivity index (χ0) is 13.5. The zero-order valence-electron chi connectivity index (χ0n) is 9.91. The molecule has 0 aliphatic rings. The van der Waals surface area contributed by atoms with Crippen molar-refractivity contribution in [3.8, 4) is 5.75 Å². The van der Waals surface area contributed by atoms with Crippen LogP contribution in [0.4, 0.5) is 5.69 Å². The van der Waals surface area contributed by atoms with E-state index in [2.05, 4.69) is 15.7 Å². The average Bonchev–Trinajstić information content (AvgIpc) is 2.37. The van der Waals surface area contributed by atoms with Crippen LogP contribution in [0.2, 0.25) is 0 Å². The molecule has 0 aliphatic heterocycles. The Morgan fingerprint density at radius 3 is 2.39 bits per heavy atom. The molecule has 96 valence electrons. The molecule has 0 unspecified atom stereocenters. The smallest absolute Gasteiger partial charge is 0.359 e. The van der Waals surface area contributed by atoms with E-state index in [1.807, 2.05) is 0 Å². The average molecular weight is 251 g/mol. The Balaban J connectivity index is 2.76. The molecule has 0 amide bonds. The quantitative estimate of drug-likeness (QED) is 0.417. The first-order valence-electron chi connectivity index (χ1n) is 4.98. The Morgan fingerprint density at radius 1 is 1.33 bits per heavy atom. The van der Waals surface area contributed by atoms with E-state index >= 15 is 0 Å². The second-order valence-electron chi connectivity index (χ2n) is 3.29. The maximum atomic E-state index is 10.7. The van der Waals surface area contributed by atoms with Gasteiger partial charge < -0.3 is 15.1 Å². The molecule has 0 bridgehead atoms. The van der Waals surface area contributed by atoms with Gasteiger partial charge in [0.1, 0.15) is 5.75 Å². The van der Waals surface area contributed by atoms with Gasteiger partial charge in [0, 0.05) is 0 Å². The number of hydrazone groups is 1. The maximum Gasteiger partial charge on any atom is 0.359 e. The van der Waals surface area contributed by atoms with E-state index < -0.39 is 11.7 Å². The molecule has 7 heteroatoms. The van der Waals surface area contributed by atoms with Crippen molar-refractivity contribution in [2.45, 2.75) is 6.92 Å². The van der Waals surface area contributed by atoms with Crippen LogP contribution in [0.25, 0.3) is 0 Å². The highest BCUT2D eigenvalue weighted by molar-refractivity contribution is 6.64. The van der Waals surface area contributed by atoms with Crippen LogP contribution in [-0.4, -0.2) is 34.8 Å². The minimum atomic E-state index is -1.35. The van der Waals surface area contributed by atoms with Crippen molar-refractivity contribution in [1.82, 2.24) is 0 Å². The van der Waals surface area contributed by atoms with Crippen LogP contribution in [0.3, 0.4) is 0 Å². The fourth-order valence-electron chi connectivity index (χ4n) is 1.14. The predicted molar refractivity (Wildman–Crippen MR) is 66.6 cm³/mol. The molecule has 0 aliphatic carbocycles. The van der Waals surface area contributed by atoms with Crippen molar-refractivity contribution < 1.29 is 19.8 Å². The van der Waals surface area contributed by atoms with Crippen LogP contribution < -0.4 is 10.2 Å². The summed E-state index contributed by atoms with van der Waals surface area (Å²) in [6, 6.07) is 6.88. The molecule has 0 fully saturated rings. The number of carboxylic acid groups (broad SMARTS) is 1. The first kappa shape index (κ1) is 13.5. The summed E-state index contributed by atoms with van der Waals surface area (Å²) in [4.78, 5) is 10.7. The van der Waals surface area contributed by atoms with Crippen molar-refractivity contribution in [1.29, 1.82) is 0 Å². The van der Waals surface area contributed by atoms with E-state index in [-0.39, 0.29) is 5.71 Å². The number of carbonyl (C=O) groups is 1. The number of hydrogen-bond acceptors (Lipinski definition) is 6. The molecule has 0 atom stereocenters. The Hall–Kier alpha value is -2.57. The van der Waals surface area contributed by atoms with Gasteiger partial charge in [-0.15, -0.1) is 0 Å². The normalized spacial score (nSPS) is 12.1. The van der Waals surface area contributed by atoms with E-state index in [4.69, 9.17) is 15.1 Å². The number of oxime groups is 1. The molecule has 3 N–H and O–H groups in total. The lowest BCUT2D eigenvalue weighted by atomic mass is 10.2. The second-order valence-corrected chi connectivity index (χ2v) is 3.29. The minimum Gasteiger partial charge on any atom is -0.497 e.